The highest BCUT2D eigenvalue weighted by Crippen LogP contribution is 2.21. The van der Waals surface area contributed by atoms with E-state index < -0.39 is 5.97 Å². The first-order valence-electron chi connectivity index (χ1n) is 5.88. The zero-order valence-electron chi connectivity index (χ0n) is 11.0. The lowest BCUT2D eigenvalue weighted by Gasteiger charge is -2.15. The number of hydrogen-bond donors (Lipinski definition) is 1. The minimum absolute atomic E-state index is 0.135. The number of aliphatic carboxylic acids is 1. The molecule has 8 heteroatoms. The first-order chi connectivity index (χ1) is 9.52. The van der Waals surface area contributed by atoms with Gasteiger partial charge in [0.25, 0.3) is 5.56 Å². The van der Waals surface area contributed by atoms with Crippen LogP contribution in [0, 0.1) is 0 Å². The molecule has 0 bridgehead atoms. The molecule has 0 fully saturated rings. The number of hydrogen-bond acceptors (Lipinski definition) is 6. The van der Waals surface area contributed by atoms with Gasteiger partial charge in [0, 0.05) is 7.11 Å². The Labute approximate surface area is 123 Å². The van der Waals surface area contributed by atoms with Gasteiger partial charge in [-0.3, -0.25) is 14.2 Å². The SMILES string of the molecule is COC(C)Cn1c(SCC(=O)O)nc2ccsc2c1=O. The fraction of sp³-hybridized carbons (Fsp3) is 0.417. The molecule has 2 rings (SSSR count). The molecule has 1 N–H and O–H groups in total. The first kappa shape index (κ1) is 15.0. The number of carboxylic acids is 1. The summed E-state index contributed by atoms with van der Waals surface area (Å²) < 4.78 is 7.24. The van der Waals surface area contributed by atoms with Crippen molar-refractivity contribution in [3.05, 3.63) is 21.8 Å². The van der Waals surface area contributed by atoms with Crippen LogP contribution in [0.4, 0.5) is 0 Å². The van der Waals surface area contributed by atoms with Crippen molar-refractivity contribution in [3.8, 4) is 0 Å². The fourth-order valence-electron chi connectivity index (χ4n) is 1.65. The van der Waals surface area contributed by atoms with Crippen LogP contribution in [0.3, 0.4) is 0 Å². The van der Waals surface area contributed by atoms with E-state index in [9.17, 15) is 9.59 Å². The second-order valence-corrected chi connectivity index (χ2v) is 6.03. The van der Waals surface area contributed by atoms with Gasteiger partial charge in [-0.2, -0.15) is 0 Å². The van der Waals surface area contributed by atoms with E-state index >= 15 is 0 Å². The summed E-state index contributed by atoms with van der Waals surface area (Å²) in [6.45, 7) is 2.19. The van der Waals surface area contributed by atoms with Gasteiger partial charge in [0.1, 0.15) is 4.70 Å². The lowest BCUT2D eigenvalue weighted by molar-refractivity contribution is -0.133. The van der Waals surface area contributed by atoms with E-state index in [1.54, 1.807) is 18.6 Å². The van der Waals surface area contributed by atoms with Crippen molar-refractivity contribution in [2.24, 2.45) is 0 Å². The molecule has 0 aliphatic carbocycles. The molecule has 0 amide bonds. The van der Waals surface area contributed by atoms with Gasteiger partial charge in [-0.05, 0) is 18.4 Å². The van der Waals surface area contributed by atoms with Crippen molar-refractivity contribution in [2.75, 3.05) is 12.9 Å². The van der Waals surface area contributed by atoms with Crippen LogP contribution >= 0.6 is 23.1 Å². The number of nitrogens with zero attached hydrogens (tertiary/aromatic N) is 2. The average Bonchev–Trinajstić information content (AvgIpc) is 2.88. The maximum atomic E-state index is 12.4. The molecular formula is C12H14N2O4S2. The molecule has 0 aliphatic rings. The summed E-state index contributed by atoms with van der Waals surface area (Å²) in [5.41, 5.74) is 0.455. The lowest BCUT2D eigenvalue weighted by atomic mass is 10.4. The van der Waals surface area contributed by atoms with Crippen LogP contribution in [0.2, 0.25) is 0 Å². The Balaban J connectivity index is 2.47. The van der Waals surface area contributed by atoms with E-state index in [0.717, 1.165) is 11.8 Å². The predicted molar refractivity (Wildman–Crippen MR) is 78.7 cm³/mol. The van der Waals surface area contributed by atoms with Crippen molar-refractivity contribution in [1.29, 1.82) is 0 Å². The summed E-state index contributed by atoms with van der Waals surface area (Å²) >= 11 is 2.38. The molecule has 0 saturated heterocycles. The van der Waals surface area contributed by atoms with Gasteiger partial charge in [-0.15, -0.1) is 11.3 Å². The Kier molecular flexibility index (Phi) is 4.79. The third-order valence-corrected chi connectivity index (χ3v) is 4.55. The van der Waals surface area contributed by atoms with Crippen LogP contribution in [-0.4, -0.2) is 39.6 Å². The zero-order chi connectivity index (χ0) is 14.7. The molecule has 108 valence electrons. The molecule has 2 aromatic heterocycles. The number of rotatable bonds is 6. The second kappa shape index (κ2) is 6.38. The van der Waals surface area contributed by atoms with Crippen molar-refractivity contribution < 1.29 is 14.6 Å². The summed E-state index contributed by atoms with van der Waals surface area (Å²) in [6, 6.07) is 1.76. The Morgan fingerprint density at radius 2 is 2.40 bits per heavy atom. The molecule has 2 aromatic rings. The number of carboxylic acid groups (broad SMARTS) is 1. The Hall–Kier alpha value is -1.38. The quantitative estimate of drug-likeness (QED) is 0.645. The highest BCUT2D eigenvalue weighted by atomic mass is 32.2. The Bertz CT molecular complexity index is 680. The van der Waals surface area contributed by atoms with Crippen molar-refractivity contribution >= 4 is 39.3 Å². The predicted octanol–water partition coefficient (Wildman–Crippen LogP) is 1.67. The summed E-state index contributed by atoms with van der Waals surface area (Å²) in [4.78, 5) is 27.5. The number of ether oxygens (including phenoxy) is 1. The van der Waals surface area contributed by atoms with E-state index in [1.165, 1.54) is 15.9 Å². The number of thioether (sulfide) groups is 1. The molecule has 0 spiro atoms. The van der Waals surface area contributed by atoms with E-state index in [-0.39, 0.29) is 17.4 Å². The summed E-state index contributed by atoms with van der Waals surface area (Å²) in [7, 11) is 1.57. The Morgan fingerprint density at radius 1 is 1.65 bits per heavy atom. The van der Waals surface area contributed by atoms with Gasteiger partial charge in [0.2, 0.25) is 0 Å². The zero-order valence-corrected chi connectivity index (χ0v) is 12.7. The van der Waals surface area contributed by atoms with E-state index in [0.29, 0.717) is 21.9 Å². The largest absolute Gasteiger partial charge is 0.481 e. The van der Waals surface area contributed by atoms with Crippen LogP contribution < -0.4 is 5.56 Å². The maximum Gasteiger partial charge on any atom is 0.313 e. The molecule has 2 heterocycles. The van der Waals surface area contributed by atoms with Crippen molar-refractivity contribution in [2.45, 2.75) is 24.7 Å². The number of thiophene rings is 1. The van der Waals surface area contributed by atoms with Gasteiger partial charge in [-0.1, -0.05) is 11.8 Å². The fourth-order valence-corrected chi connectivity index (χ4v) is 3.16. The second-order valence-electron chi connectivity index (χ2n) is 4.17. The van der Waals surface area contributed by atoms with Crippen LogP contribution in [0.25, 0.3) is 10.2 Å². The molecule has 6 nitrogen and oxygen atoms in total. The summed E-state index contributed by atoms with van der Waals surface area (Å²) in [5, 5.41) is 11.0. The summed E-state index contributed by atoms with van der Waals surface area (Å²) in [6.07, 6.45) is -0.156. The van der Waals surface area contributed by atoms with Crippen LogP contribution in [0.15, 0.2) is 21.4 Å². The number of carbonyl (C=O) groups is 1. The highest BCUT2D eigenvalue weighted by Gasteiger charge is 2.15. The molecule has 1 unspecified atom stereocenters. The van der Waals surface area contributed by atoms with E-state index in [1.807, 2.05) is 6.92 Å². The lowest BCUT2D eigenvalue weighted by Crippen LogP contribution is -2.28. The number of fused-ring (bicyclic) bond motifs is 1. The Morgan fingerprint density at radius 3 is 3.05 bits per heavy atom. The summed E-state index contributed by atoms with van der Waals surface area (Å²) in [5.74, 6) is -1.08. The minimum Gasteiger partial charge on any atom is -0.481 e. The highest BCUT2D eigenvalue weighted by molar-refractivity contribution is 7.99. The third-order valence-electron chi connectivity index (χ3n) is 2.70. The van der Waals surface area contributed by atoms with Crippen LogP contribution in [-0.2, 0) is 16.1 Å². The molecular weight excluding hydrogens is 300 g/mol. The molecule has 0 radical (unpaired) electrons. The van der Waals surface area contributed by atoms with Gasteiger partial charge in [-0.25, -0.2) is 4.98 Å². The van der Waals surface area contributed by atoms with Gasteiger partial charge >= 0.3 is 5.97 Å². The molecule has 20 heavy (non-hydrogen) atoms. The van der Waals surface area contributed by atoms with Crippen LogP contribution in [0.5, 0.6) is 0 Å². The monoisotopic (exact) mass is 314 g/mol. The first-order valence-corrected chi connectivity index (χ1v) is 7.75. The van der Waals surface area contributed by atoms with Gasteiger partial charge in [0.05, 0.1) is 23.9 Å². The van der Waals surface area contributed by atoms with Gasteiger partial charge < -0.3 is 9.84 Å². The van der Waals surface area contributed by atoms with Crippen LogP contribution in [0.1, 0.15) is 6.92 Å². The molecule has 0 aliphatic heterocycles. The van der Waals surface area contributed by atoms with E-state index in [4.69, 9.17) is 9.84 Å². The normalized spacial score (nSPS) is 12.7. The van der Waals surface area contributed by atoms with Crippen molar-refractivity contribution in [3.63, 3.8) is 0 Å². The maximum absolute atomic E-state index is 12.4. The minimum atomic E-state index is -0.944. The molecule has 1 atom stereocenters. The number of methoxy groups -OCH3 is 1. The average molecular weight is 314 g/mol. The smallest absolute Gasteiger partial charge is 0.313 e. The van der Waals surface area contributed by atoms with Crippen molar-refractivity contribution in [1.82, 2.24) is 9.55 Å². The molecule has 0 aromatic carbocycles. The standard InChI is InChI=1S/C12H14N2O4S2/c1-7(18-2)5-14-11(17)10-8(3-4-19-10)13-12(14)20-6-9(15)16/h3-4,7H,5-6H2,1-2H3,(H,15,16). The van der Waals surface area contributed by atoms with Gasteiger partial charge in [0.15, 0.2) is 5.16 Å². The number of aromatic nitrogens is 2. The molecule has 0 saturated carbocycles. The third kappa shape index (κ3) is 3.20. The topological polar surface area (TPSA) is 81.4 Å². The van der Waals surface area contributed by atoms with E-state index in [2.05, 4.69) is 4.98 Å².